The van der Waals surface area contributed by atoms with E-state index in [0.29, 0.717) is 0 Å². The zero-order valence-electron chi connectivity index (χ0n) is 9.11. The van der Waals surface area contributed by atoms with E-state index in [2.05, 4.69) is 20.8 Å². The molecule has 0 atom stereocenters. The van der Waals surface area contributed by atoms with Gasteiger partial charge in [-0.1, -0.05) is 66.7 Å². The molecule has 1 fully saturated rings. The van der Waals surface area contributed by atoms with E-state index >= 15 is 0 Å². The van der Waals surface area contributed by atoms with Crippen LogP contribution in [0.5, 0.6) is 0 Å². The summed E-state index contributed by atoms with van der Waals surface area (Å²) in [6, 6.07) is 0. The maximum absolute atomic E-state index is 2.26. The maximum atomic E-state index is 2.26. The topological polar surface area (TPSA) is 0 Å². The first kappa shape index (κ1) is 13.6. The Balaban J connectivity index is 0. The summed E-state index contributed by atoms with van der Waals surface area (Å²) in [6.07, 6.45) is 7.08. The van der Waals surface area contributed by atoms with Crippen LogP contribution in [0.4, 0.5) is 0 Å². The lowest BCUT2D eigenvalue weighted by atomic mass is 10.3. The minimum atomic E-state index is 1.13. The highest BCUT2D eigenvalue weighted by Gasteiger charge is 2.17. The Morgan fingerprint density at radius 2 is 1.27 bits per heavy atom. The smallest absolute Gasteiger partial charge is 0.0417 e. The second kappa shape index (κ2) is 12.7. The molecule has 0 spiro atoms. The van der Waals surface area contributed by atoms with Crippen molar-refractivity contribution in [3.63, 3.8) is 0 Å². The maximum Gasteiger partial charge on any atom is -0.0417 e. The number of rotatable bonds is 2. The zero-order valence-corrected chi connectivity index (χ0v) is 9.11. The van der Waals surface area contributed by atoms with Crippen LogP contribution in [0.15, 0.2) is 0 Å². The molecule has 0 nitrogen and oxygen atoms in total. The van der Waals surface area contributed by atoms with E-state index in [1.54, 1.807) is 0 Å². The summed E-state index contributed by atoms with van der Waals surface area (Å²) in [5.74, 6) is 1.13. The molecule has 0 aromatic heterocycles. The molecule has 0 heterocycles. The van der Waals surface area contributed by atoms with Gasteiger partial charge < -0.3 is 0 Å². The predicted octanol–water partition coefficient (Wildman–Crippen LogP) is 4.64. The average molecular weight is 158 g/mol. The van der Waals surface area contributed by atoms with Crippen molar-refractivity contribution in [1.82, 2.24) is 0 Å². The Morgan fingerprint density at radius 3 is 1.27 bits per heavy atom. The normalized spacial score (nSPS) is 13.9. The third-order valence-electron chi connectivity index (χ3n) is 1.77. The second-order valence-corrected chi connectivity index (χ2v) is 2.85. The molecular weight excluding hydrogens is 132 g/mol. The Morgan fingerprint density at radius 1 is 0.909 bits per heavy atom. The second-order valence-electron chi connectivity index (χ2n) is 2.85. The lowest BCUT2D eigenvalue weighted by molar-refractivity contribution is 0.799. The predicted molar refractivity (Wildman–Crippen MR) is 54.9 cm³/mol. The Bertz CT molecular complexity index is 42.0. The summed E-state index contributed by atoms with van der Waals surface area (Å²) in [5.41, 5.74) is 0. The fraction of sp³-hybridized carbons (Fsp3) is 1.00. The van der Waals surface area contributed by atoms with Gasteiger partial charge in [-0.3, -0.25) is 0 Å². The molecule has 0 bridgehead atoms. The molecule has 0 saturated heterocycles. The van der Waals surface area contributed by atoms with Gasteiger partial charge in [0.1, 0.15) is 0 Å². The SMILES string of the molecule is CC.CCC1CC1.CCCC. The quantitative estimate of drug-likeness (QED) is 0.549. The van der Waals surface area contributed by atoms with E-state index < -0.39 is 0 Å². The third-order valence-corrected chi connectivity index (χ3v) is 1.77. The van der Waals surface area contributed by atoms with E-state index in [4.69, 9.17) is 0 Å². The summed E-state index contributed by atoms with van der Waals surface area (Å²) in [4.78, 5) is 0. The van der Waals surface area contributed by atoms with Crippen LogP contribution in [-0.4, -0.2) is 0 Å². The minimum Gasteiger partial charge on any atom is -0.0683 e. The third kappa shape index (κ3) is 17.8. The van der Waals surface area contributed by atoms with Crippen molar-refractivity contribution < 1.29 is 0 Å². The standard InChI is InChI=1S/C5H10.C4H10.C2H6/c1-2-5-3-4-5;1-3-4-2;1-2/h5H,2-4H2,1H3;3-4H2,1-2H3;1-2H3. The van der Waals surface area contributed by atoms with E-state index in [0.717, 1.165) is 5.92 Å². The number of unbranched alkanes of at least 4 members (excludes halogenated alkanes) is 1. The Kier molecular flexibility index (Phi) is 15.6. The summed E-state index contributed by atoms with van der Waals surface area (Å²) < 4.78 is 0. The van der Waals surface area contributed by atoms with Crippen molar-refractivity contribution in [2.45, 2.75) is 66.7 Å². The molecule has 0 aliphatic heterocycles. The van der Waals surface area contributed by atoms with Gasteiger partial charge >= 0.3 is 0 Å². The molecule has 1 saturated carbocycles. The van der Waals surface area contributed by atoms with Crippen molar-refractivity contribution >= 4 is 0 Å². The van der Waals surface area contributed by atoms with Crippen LogP contribution >= 0.6 is 0 Å². The molecule has 1 rings (SSSR count). The van der Waals surface area contributed by atoms with Crippen LogP contribution in [0.1, 0.15) is 66.7 Å². The van der Waals surface area contributed by atoms with Gasteiger partial charge in [0.15, 0.2) is 0 Å². The fourth-order valence-corrected chi connectivity index (χ4v) is 0.526. The zero-order chi connectivity index (χ0) is 9.11. The van der Waals surface area contributed by atoms with Gasteiger partial charge in [0.25, 0.3) is 0 Å². The Hall–Kier alpha value is 0. The molecule has 0 radical (unpaired) electrons. The molecule has 0 N–H and O–H groups in total. The minimum absolute atomic E-state index is 1.13. The number of hydrogen-bond acceptors (Lipinski definition) is 0. The van der Waals surface area contributed by atoms with Crippen LogP contribution in [0.3, 0.4) is 0 Å². The molecule has 0 heteroatoms. The van der Waals surface area contributed by atoms with Gasteiger partial charge in [0.2, 0.25) is 0 Å². The van der Waals surface area contributed by atoms with E-state index in [9.17, 15) is 0 Å². The highest BCUT2D eigenvalue weighted by Crippen LogP contribution is 2.31. The number of hydrogen-bond donors (Lipinski definition) is 0. The van der Waals surface area contributed by atoms with Gasteiger partial charge in [-0.05, 0) is 5.92 Å². The molecule has 1 aliphatic carbocycles. The van der Waals surface area contributed by atoms with Crippen LogP contribution in [0, 0.1) is 5.92 Å². The molecule has 1 aliphatic rings. The molecule has 11 heavy (non-hydrogen) atoms. The summed E-state index contributed by atoms with van der Waals surface area (Å²) in [7, 11) is 0. The molecular formula is C11H26. The lowest BCUT2D eigenvalue weighted by Gasteiger charge is -1.72. The molecule has 0 aromatic carbocycles. The van der Waals surface area contributed by atoms with Crippen molar-refractivity contribution in [3.8, 4) is 0 Å². The Labute approximate surface area is 73.4 Å². The van der Waals surface area contributed by atoms with Crippen molar-refractivity contribution in [1.29, 1.82) is 0 Å². The first-order valence-electron chi connectivity index (χ1n) is 5.35. The van der Waals surface area contributed by atoms with E-state index in [-0.39, 0.29) is 0 Å². The van der Waals surface area contributed by atoms with Crippen LogP contribution in [0.25, 0.3) is 0 Å². The van der Waals surface area contributed by atoms with E-state index in [1.165, 1.54) is 32.1 Å². The first-order chi connectivity index (χ1) is 5.35. The van der Waals surface area contributed by atoms with Crippen LogP contribution < -0.4 is 0 Å². The molecule has 0 amide bonds. The van der Waals surface area contributed by atoms with Crippen molar-refractivity contribution in [3.05, 3.63) is 0 Å². The summed E-state index contributed by atoms with van der Waals surface area (Å²) >= 11 is 0. The van der Waals surface area contributed by atoms with Gasteiger partial charge in [0, 0.05) is 0 Å². The lowest BCUT2D eigenvalue weighted by Crippen LogP contribution is -1.59. The van der Waals surface area contributed by atoms with Gasteiger partial charge in [-0.2, -0.15) is 0 Å². The van der Waals surface area contributed by atoms with E-state index in [1.807, 2.05) is 13.8 Å². The molecule has 70 valence electrons. The van der Waals surface area contributed by atoms with Gasteiger partial charge in [0.05, 0.1) is 0 Å². The van der Waals surface area contributed by atoms with Crippen LogP contribution in [0.2, 0.25) is 0 Å². The van der Waals surface area contributed by atoms with Crippen LogP contribution in [-0.2, 0) is 0 Å². The summed E-state index contributed by atoms with van der Waals surface area (Å²) in [5, 5.41) is 0. The molecule has 0 unspecified atom stereocenters. The monoisotopic (exact) mass is 158 g/mol. The van der Waals surface area contributed by atoms with Gasteiger partial charge in [-0.25, -0.2) is 0 Å². The van der Waals surface area contributed by atoms with Crippen molar-refractivity contribution in [2.24, 2.45) is 5.92 Å². The molecule has 0 aromatic rings. The highest BCUT2D eigenvalue weighted by atomic mass is 14.2. The fourth-order valence-electron chi connectivity index (χ4n) is 0.526. The average Bonchev–Trinajstić information content (AvgIpc) is 2.91. The van der Waals surface area contributed by atoms with Crippen molar-refractivity contribution in [2.75, 3.05) is 0 Å². The largest absolute Gasteiger partial charge is 0.0683 e. The summed E-state index contributed by atoms with van der Waals surface area (Å²) in [6.45, 7) is 10.6. The first-order valence-corrected chi connectivity index (χ1v) is 5.35. The highest BCUT2D eigenvalue weighted by molar-refractivity contribution is 4.69. The van der Waals surface area contributed by atoms with Gasteiger partial charge in [-0.15, -0.1) is 0 Å².